The van der Waals surface area contributed by atoms with Crippen molar-refractivity contribution in [2.24, 2.45) is 5.41 Å². The Balaban J connectivity index is 2.21. The van der Waals surface area contributed by atoms with E-state index in [-0.39, 0.29) is 17.5 Å². The first kappa shape index (κ1) is 15.4. The number of nitrogens with one attached hydrogen (secondary N) is 2. The summed E-state index contributed by atoms with van der Waals surface area (Å²) in [5.41, 5.74) is -0.545. The molecule has 0 saturated heterocycles. The second-order valence-corrected chi connectivity index (χ2v) is 5.59. The third-order valence-corrected chi connectivity index (χ3v) is 2.69. The highest BCUT2D eigenvalue weighted by atomic mass is 19.4. The van der Waals surface area contributed by atoms with Gasteiger partial charge < -0.3 is 4.52 Å². The molecule has 0 fully saturated rings. The van der Waals surface area contributed by atoms with Crippen LogP contribution in [-0.2, 0) is 0 Å². The summed E-state index contributed by atoms with van der Waals surface area (Å²) in [4.78, 5) is 7.93. The number of aromatic amines is 1. The predicted octanol–water partition coefficient (Wildman–Crippen LogP) is 2.09. The second kappa shape index (κ2) is 5.43. The summed E-state index contributed by atoms with van der Waals surface area (Å²) < 4.78 is 42.3. The fourth-order valence-electron chi connectivity index (χ4n) is 1.74. The van der Waals surface area contributed by atoms with Crippen LogP contribution in [0.4, 0.5) is 13.2 Å². The van der Waals surface area contributed by atoms with Crippen LogP contribution in [0.2, 0.25) is 0 Å². The van der Waals surface area contributed by atoms with Gasteiger partial charge in [0, 0.05) is 0 Å². The molecule has 0 aliphatic carbocycles. The fraction of sp³-hybridized carbons (Fsp3) is 0.636. The SMILES string of the molecule is CC(C)(C)[C@@H](NCC(F)(F)F)c1nc(-c2ncn[nH]2)no1. The van der Waals surface area contributed by atoms with Gasteiger partial charge >= 0.3 is 6.18 Å². The molecule has 0 bridgehead atoms. The van der Waals surface area contributed by atoms with Crippen molar-refractivity contribution in [3.05, 3.63) is 12.2 Å². The summed E-state index contributed by atoms with van der Waals surface area (Å²) >= 11 is 0. The largest absolute Gasteiger partial charge is 0.401 e. The molecule has 0 spiro atoms. The van der Waals surface area contributed by atoms with Crippen molar-refractivity contribution < 1.29 is 17.7 Å². The summed E-state index contributed by atoms with van der Waals surface area (Å²) in [6, 6.07) is -0.747. The first-order chi connectivity index (χ1) is 9.67. The van der Waals surface area contributed by atoms with E-state index >= 15 is 0 Å². The van der Waals surface area contributed by atoms with Crippen LogP contribution in [0.5, 0.6) is 0 Å². The maximum absolute atomic E-state index is 12.4. The van der Waals surface area contributed by atoms with Crippen molar-refractivity contribution in [2.45, 2.75) is 33.0 Å². The van der Waals surface area contributed by atoms with Crippen LogP contribution in [0.25, 0.3) is 11.6 Å². The van der Waals surface area contributed by atoms with Gasteiger partial charge in [-0.15, -0.1) is 0 Å². The van der Waals surface area contributed by atoms with Crippen molar-refractivity contribution in [3.63, 3.8) is 0 Å². The molecule has 0 aliphatic rings. The molecule has 2 aromatic heterocycles. The number of hydrogen-bond acceptors (Lipinski definition) is 6. The van der Waals surface area contributed by atoms with Crippen molar-refractivity contribution in [3.8, 4) is 11.6 Å². The fourth-order valence-corrected chi connectivity index (χ4v) is 1.74. The van der Waals surface area contributed by atoms with Crippen LogP contribution in [-0.4, -0.2) is 38.0 Å². The van der Waals surface area contributed by atoms with Crippen molar-refractivity contribution in [1.82, 2.24) is 30.6 Å². The van der Waals surface area contributed by atoms with Crippen LogP contribution < -0.4 is 5.32 Å². The topological polar surface area (TPSA) is 92.5 Å². The zero-order valence-electron chi connectivity index (χ0n) is 11.7. The first-order valence-electron chi connectivity index (χ1n) is 6.16. The van der Waals surface area contributed by atoms with E-state index in [1.165, 1.54) is 6.33 Å². The van der Waals surface area contributed by atoms with Gasteiger partial charge in [0.2, 0.25) is 11.7 Å². The Labute approximate surface area is 118 Å². The highest BCUT2D eigenvalue weighted by Gasteiger charge is 2.36. The van der Waals surface area contributed by atoms with Crippen LogP contribution in [0.1, 0.15) is 32.7 Å². The van der Waals surface area contributed by atoms with Crippen LogP contribution in [0.3, 0.4) is 0 Å². The van der Waals surface area contributed by atoms with Gasteiger partial charge in [-0.05, 0) is 5.41 Å². The molecule has 0 unspecified atom stereocenters. The van der Waals surface area contributed by atoms with Gasteiger partial charge in [-0.1, -0.05) is 25.9 Å². The molecule has 0 aliphatic heterocycles. The Morgan fingerprint density at radius 1 is 1.33 bits per heavy atom. The normalized spacial score (nSPS) is 14.4. The van der Waals surface area contributed by atoms with Crippen LogP contribution >= 0.6 is 0 Å². The van der Waals surface area contributed by atoms with Gasteiger partial charge in [-0.2, -0.15) is 23.3 Å². The van der Waals surface area contributed by atoms with Crippen molar-refractivity contribution in [2.75, 3.05) is 6.54 Å². The molecule has 7 nitrogen and oxygen atoms in total. The predicted molar refractivity (Wildman–Crippen MR) is 65.9 cm³/mol. The maximum atomic E-state index is 12.4. The second-order valence-electron chi connectivity index (χ2n) is 5.59. The van der Waals surface area contributed by atoms with Crippen molar-refractivity contribution >= 4 is 0 Å². The quantitative estimate of drug-likeness (QED) is 0.898. The number of alkyl halides is 3. The standard InChI is InChI=1S/C11H15F3N6O/c1-10(2,3)6(15-4-11(12,13)14)9-18-8(20-21-9)7-16-5-17-19-7/h5-6,15H,4H2,1-3H3,(H,16,17,19)/t6-/m0/s1. The molecular weight excluding hydrogens is 289 g/mol. The summed E-state index contributed by atoms with van der Waals surface area (Å²) in [5.74, 6) is 0.497. The van der Waals surface area contributed by atoms with E-state index in [9.17, 15) is 13.2 Å². The molecule has 2 N–H and O–H groups in total. The van der Waals surface area contributed by atoms with Gasteiger partial charge in [0.25, 0.3) is 0 Å². The Hall–Kier alpha value is -1.97. The molecule has 2 aromatic rings. The molecular formula is C11H15F3N6O. The minimum Gasteiger partial charge on any atom is -0.337 e. The van der Waals surface area contributed by atoms with Crippen molar-refractivity contribution in [1.29, 1.82) is 0 Å². The van der Waals surface area contributed by atoms with E-state index in [1.54, 1.807) is 20.8 Å². The molecule has 0 saturated carbocycles. The highest BCUT2D eigenvalue weighted by molar-refractivity contribution is 5.39. The summed E-state index contributed by atoms with van der Waals surface area (Å²) in [5, 5.41) is 12.3. The molecule has 2 heterocycles. The lowest BCUT2D eigenvalue weighted by Crippen LogP contribution is -2.38. The molecule has 116 valence electrons. The number of rotatable bonds is 4. The zero-order chi connectivity index (χ0) is 15.7. The van der Waals surface area contributed by atoms with Crippen LogP contribution in [0, 0.1) is 5.41 Å². The maximum Gasteiger partial charge on any atom is 0.401 e. The first-order valence-corrected chi connectivity index (χ1v) is 6.16. The average Bonchev–Trinajstić information content (AvgIpc) is 2.95. The third kappa shape index (κ3) is 4.00. The molecule has 2 rings (SSSR count). The van der Waals surface area contributed by atoms with E-state index < -0.39 is 24.2 Å². The van der Waals surface area contributed by atoms with Gasteiger partial charge in [0.05, 0.1) is 12.6 Å². The molecule has 0 radical (unpaired) electrons. The Morgan fingerprint density at radius 3 is 2.57 bits per heavy atom. The van der Waals surface area contributed by atoms with Crippen LogP contribution in [0.15, 0.2) is 10.9 Å². The number of H-pyrrole nitrogens is 1. The average molecular weight is 304 g/mol. The van der Waals surface area contributed by atoms with E-state index in [0.717, 1.165) is 0 Å². The minimum absolute atomic E-state index is 0.0677. The van der Waals surface area contributed by atoms with Gasteiger partial charge in [0.15, 0.2) is 5.82 Å². The number of halogens is 3. The number of nitrogens with zero attached hydrogens (tertiary/aromatic N) is 4. The van der Waals surface area contributed by atoms with E-state index in [2.05, 4.69) is 30.6 Å². The van der Waals surface area contributed by atoms with E-state index in [0.29, 0.717) is 0 Å². The third-order valence-electron chi connectivity index (χ3n) is 2.69. The minimum atomic E-state index is -4.32. The lowest BCUT2D eigenvalue weighted by atomic mass is 9.86. The zero-order valence-corrected chi connectivity index (χ0v) is 11.7. The lowest BCUT2D eigenvalue weighted by molar-refractivity contribution is -0.128. The molecule has 0 amide bonds. The van der Waals surface area contributed by atoms with E-state index in [4.69, 9.17) is 4.52 Å². The monoisotopic (exact) mass is 304 g/mol. The van der Waals surface area contributed by atoms with Gasteiger partial charge in [-0.3, -0.25) is 10.4 Å². The molecule has 1 atom stereocenters. The number of hydrogen-bond donors (Lipinski definition) is 2. The summed E-state index contributed by atoms with van der Waals surface area (Å²) in [7, 11) is 0. The summed E-state index contributed by atoms with van der Waals surface area (Å²) in [6.07, 6.45) is -3.05. The molecule has 10 heteroatoms. The lowest BCUT2D eigenvalue weighted by Gasteiger charge is -2.28. The Bertz CT molecular complexity index is 572. The smallest absolute Gasteiger partial charge is 0.337 e. The molecule has 0 aromatic carbocycles. The number of aromatic nitrogens is 5. The van der Waals surface area contributed by atoms with Gasteiger partial charge in [0.1, 0.15) is 6.33 Å². The Kier molecular flexibility index (Phi) is 3.99. The summed E-state index contributed by atoms with van der Waals surface area (Å²) in [6.45, 7) is 4.19. The highest BCUT2D eigenvalue weighted by Crippen LogP contribution is 2.33. The Morgan fingerprint density at radius 2 is 2.05 bits per heavy atom. The van der Waals surface area contributed by atoms with Gasteiger partial charge in [-0.25, -0.2) is 4.98 Å². The van der Waals surface area contributed by atoms with E-state index in [1.807, 2.05) is 0 Å². The molecule has 21 heavy (non-hydrogen) atoms.